The first-order valence-corrected chi connectivity index (χ1v) is 10.7. The lowest BCUT2D eigenvalue weighted by atomic mass is 9.95. The minimum absolute atomic E-state index is 0.119. The molecule has 3 aromatic carbocycles. The largest absolute Gasteiger partial charge is 0.508 e. The third-order valence-electron chi connectivity index (χ3n) is 5.43. The first-order chi connectivity index (χ1) is 16.0. The maximum Gasteiger partial charge on any atom is 0.255 e. The number of carbonyl (C=O) groups is 1. The van der Waals surface area contributed by atoms with Crippen LogP contribution in [0.25, 0.3) is 11.4 Å². The highest BCUT2D eigenvalue weighted by Gasteiger charge is 2.35. The van der Waals surface area contributed by atoms with Gasteiger partial charge in [-0.25, -0.2) is 4.68 Å². The number of benzene rings is 3. The highest BCUT2D eigenvalue weighted by Crippen LogP contribution is 2.39. The number of aromatic hydroxyl groups is 1. The summed E-state index contributed by atoms with van der Waals surface area (Å²) in [6.07, 6.45) is 0. The van der Waals surface area contributed by atoms with Crippen LogP contribution in [0, 0.1) is 0 Å². The van der Waals surface area contributed by atoms with Gasteiger partial charge in [-0.2, -0.15) is 4.98 Å². The molecule has 1 unspecified atom stereocenters. The van der Waals surface area contributed by atoms with E-state index in [9.17, 15) is 9.90 Å². The van der Waals surface area contributed by atoms with Gasteiger partial charge < -0.3 is 15.7 Å². The zero-order chi connectivity index (χ0) is 22.9. The Labute approximate surface area is 195 Å². The van der Waals surface area contributed by atoms with Crippen molar-refractivity contribution < 1.29 is 9.90 Å². The van der Waals surface area contributed by atoms with Crippen molar-refractivity contribution in [1.82, 2.24) is 14.8 Å². The number of hydrogen-bond donors (Lipinski definition) is 3. The van der Waals surface area contributed by atoms with Crippen molar-refractivity contribution >= 4 is 29.1 Å². The molecule has 7 nitrogen and oxygen atoms in total. The van der Waals surface area contributed by atoms with E-state index in [4.69, 9.17) is 16.7 Å². The van der Waals surface area contributed by atoms with E-state index in [2.05, 4.69) is 15.6 Å². The van der Waals surface area contributed by atoms with E-state index in [0.29, 0.717) is 39.3 Å². The number of aromatic nitrogens is 3. The molecule has 5 rings (SSSR count). The smallest absolute Gasteiger partial charge is 0.255 e. The van der Waals surface area contributed by atoms with Gasteiger partial charge in [-0.1, -0.05) is 60.1 Å². The summed E-state index contributed by atoms with van der Waals surface area (Å²) >= 11 is 6.58. The summed E-state index contributed by atoms with van der Waals surface area (Å²) in [5.41, 5.74) is 3.20. The fourth-order valence-electron chi connectivity index (χ4n) is 3.92. The molecule has 1 aromatic heterocycles. The number of rotatable bonds is 4. The number of nitrogens with zero attached hydrogens (tertiary/aromatic N) is 3. The van der Waals surface area contributed by atoms with Gasteiger partial charge in [-0.3, -0.25) is 4.79 Å². The van der Waals surface area contributed by atoms with Crippen LogP contribution in [0.2, 0.25) is 5.02 Å². The van der Waals surface area contributed by atoms with Crippen molar-refractivity contribution in [3.05, 3.63) is 101 Å². The summed E-state index contributed by atoms with van der Waals surface area (Å²) in [6.45, 7) is 1.83. The summed E-state index contributed by atoms with van der Waals surface area (Å²) in [4.78, 5) is 18.1. The zero-order valence-corrected chi connectivity index (χ0v) is 18.4. The normalized spacial score (nSPS) is 15.0. The molecule has 0 saturated heterocycles. The summed E-state index contributed by atoms with van der Waals surface area (Å²) in [6, 6.07) is 22.8. The molecule has 3 N–H and O–H groups in total. The van der Waals surface area contributed by atoms with Gasteiger partial charge in [0, 0.05) is 27.5 Å². The maximum atomic E-state index is 13.5. The Morgan fingerprint density at radius 1 is 1.06 bits per heavy atom. The summed E-state index contributed by atoms with van der Waals surface area (Å²) in [5.74, 6) is 0.749. The minimum Gasteiger partial charge on any atom is -0.508 e. The van der Waals surface area contributed by atoms with Crippen LogP contribution in [-0.4, -0.2) is 25.8 Å². The standard InChI is InChI=1S/C25H20ClN5O2/c1-15-21(24(33)28-17-9-3-2-4-10-17)22(19-12-5-6-13-20(19)26)31-25(27-15)29-23(30-31)16-8-7-11-18(32)14-16/h2-14,22,32H,1H3,(H,28,33)(H,27,29,30). The third-order valence-corrected chi connectivity index (χ3v) is 5.78. The van der Waals surface area contributed by atoms with Gasteiger partial charge in [0.15, 0.2) is 5.82 Å². The average Bonchev–Trinajstić information content (AvgIpc) is 3.23. The van der Waals surface area contributed by atoms with E-state index in [-0.39, 0.29) is 11.7 Å². The number of halogens is 1. The van der Waals surface area contributed by atoms with Gasteiger partial charge in [0.2, 0.25) is 5.95 Å². The molecule has 1 atom stereocenters. The number of fused-ring (bicyclic) bond motifs is 1. The second kappa shape index (κ2) is 8.44. The fourth-order valence-corrected chi connectivity index (χ4v) is 4.16. The SMILES string of the molecule is CC1=C(C(=O)Nc2ccccc2)C(c2ccccc2Cl)n2nc(-c3cccc(O)c3)nc2N1. The average molecular weight is 458 g/mol. The van der Waals surface area contributed by atoms with Crippen LogP contribution in [0.5, 0.6) is 5.75 Å². The highest BCUT2D eigenvalue weighted by atomic mass is 35.5. The first-order valence-electron chi connectivity index (χ1n) is 10.4. The lowest BCUT2D eigenvalue weighted by molar-refractivity contribution is -0.113. The fraction of sp³-hybridized carbons (Fsp3) is 0.0800. The van der Waals surface area contributed by atoms with E-state index in [1.807, 2.05) is 61.5 Å². The number of para-hydroxylation sites is 1. The van der Waals surface area contributed by atoms with Crippen LogP contribution in [0.4, 0.5) is 11.6 Å². The maximum absolute atomic E-state index is 13.5. The predicted molar refractivity (Wildman–Crippen MR) is 128 cm³/mol. The Balaban J connectivity index is 1.63. The molecule has 0 aliphatic carbocycles. The van der Waals surface area contributed by atoms with Gasteiger partial charge in [-0.15, -0.1) is 5.10 Å². The molecule has 164 valence electrons. The lowest BCUT2D eigenvalue weighted by Gasteiger charge is -2.29. The number of carbonyl (C=O) groups excluding carboxylic acids is 1. The van der Waals surface area contributed by atoms with E-state index >= 15 is 0 Å². The molecule has 0 spiro atoms. The van der Waals surface area contributed by atoms with Crippen molar-refractivity contribution in [1.29, 1.82) is 0 Å². The van der Waals surface area contributed by atoms with Crippen molar-refractivity contribution in [3.8, 4) is 17.1 Å². The number of phenols is 1. The Bertz CT molecular complexity index is 1380. The second-order valence-electron chi connectivity index (χ2n) is 7.66. The molecule has 0 fully saturated rings. The van der Waals surface area contributed by atoms with E-state index in [1.165, 1.54) is 0 Å². The van der Waals surface area contributed by atoms with E-state index in [0.717, 1.165) is 5.56 Å². The summed E-state index contributed by atoms with van der Waals surface area (Å²) in [7, 11) is 0. The second-order valence-corrected chi connectivity index (χ2v) is 8.07. The molecule has 0 radical (unpaired) electrons. The topological polar surface area (TPSA) is 92.1 Å². The predicted octanol–water partition coefficient (Wildman–Crippen LogP) is 5.23. The number of hydrogen-bond acceptors (Lipinski definition) is 5. The van der Waals surface area contributed by atoms with Gasteiger partial charge in [0.05, 0.1) is 5.57 Å². The van der Waals surface area contributed by atoms with Crippen LogP contribution < -0.4 is 10.6 Å². The van der Waals surface area contributed by atoms with Crippen LogP contribution in [0.3, 0.4) is 0 Å². The van der Waals surface area contributed by atoms with Crippen LogP contribution in [0.1, 0.15) is 18.5 Å². The van der Waals surface area contributed by atoms with Gasteiger partial charge >= 0.3 is 0 Å². The number of nitrogens with one attached hydrogen (secondary N) is 2. The monoisotopic (exact) mass is 457 g/mol. The van der Waals surface area contributed by atoms with Crippen molar-refractivity contribution in [2.75, 3.05) is 10.6 Å². The highest BCUT2D eigenvalue weighted by molar-refractivity contribution is 6.31. The molecular formula is C25H20ClN5O2. The molecule has 8 heteroatoms. The molecule has 4 aromatic rings. The molecule has 33 heavy (non-hydrogen) atoms. The zero-order valence-electron chi connectivity index (χ0n) is 17.7. The molecule has 1 aliphatic rings. The number of allylic oxidation sites excluding steroid dienone is 1. The van der Waals surface area contributed by atoms with Crippen molar-refractivity contribution in [2.24, 2.45) is 0 Å². The van der Waals surface area contributed by atoms with Crippen molar-refractivity contribution in [3.63, 3.8) is 0 Å². The molecule has 1 amide bonds. The number of anilines is 2. The van der Waals surface area contributed by atoms with Crippen molar-refractivity contribution in [2.45, 2.75) is 13.0 Å². The molecule has 2 heterocycles. The van der Waals surface area contributed by atoms with Crippen LogP contribution >= 0.6 is 11.6 Å². The molecular weight excluding hydrogens is 438 g/mol. The number of phenolic OH excluding ortho intramolecular Hbond substituents is 1. The Morgan fingerprint density at radius 2 is 1.82 bits per heavy atom. The number of amides is 1. The summed E-state index contributed by atoms with van der Waals surface area (Å²) in [5, 5.41) is 21.3. The van der Waals surface area contributed by atoms with Crippen LogP contribution in [0.15, 0.2) is 90.1 Å². The Hall–Kier alpha value is -4.10. The van der Waals surface area contributed by atoms with E-state index in [1.54, 1.807) is 28.9 Å². The van der Waals surface area contributed by atoms with E-state index < -0.39 is 6.04 Å². The summed E-state index contributed by atoms with van der Waals surface area (Å²) < 4.78 is 1.66. The van der Waals surface area contributed by atoms with Crippen LogP contribution in [-0.2, 0) is 4.79 Å². The minimum atomic E-state index is -0.600. The Kier molecular flexibility index (Phi) is 5.32. The lowest BCUT2D eigenvalue weighted by Crippen LogP contribution is -2.31. The van der Waals surface area contributed by atoms with Gasteiger partial charge in [-0.05, 0) is 37.3 Å². The van der Waals surface area contributed by atoms with Gasteiger partial charge in [0.25, 0.3) is 5.91 Å². The first kappa shape index (κ1) is 20.8. The molecule has 0 saturated carbocycles. The molecule has 1 aliphatic heterocycles. The quantitative estimate of drug-likeness (QED) is 0.390. The molecule has 0 bridgehead atoms. The van der Waals surface area contributed by atoms with Gasteiger partial charge in [0.1, 0.15) is 11.8 Å². The Morgan fingerprint density at radius 3 is 2.58 bits per heavy atom. The third kappa shape index (κ3) is 3.94.